The third-order valence-corrected chi connectivity index (χ3v) is 6.43. The van der Waals surface area contributed by atoms with Gasteiger partial charge in [-0.1, -0.05) is 12.1 Å². The largest absolute Gasteiger partial charge is 0.495 e. The normalized spacial score (nSPS) is 16.3. The topological polar surface area (TPSA) is 79.9 Å². The first-order chi connectivity index (χ1) is 14.2. The fraction of sp³-hybridized carbons (Fsp3) is 0.429. The van der Waals surface area contributed by atoms with E-state index in [1.807, 2.05) is 12.1 Å². The molecule has 8 heteroatoms. The molecule has 2 amide bonds. The fourth-order valence-corrected chi connectivity index (χ4v) is 5.10. The minimum absolute atomic E-state index is 0.0989. The van der Waals surface area contributed by atoms with Gasteiger partial charge in [0.25, 0.3) is 5.91 Å². The summed E-state index contributed by atoms with van der Waals surface area (Å²) in [7, 11) is 1.57. The molecule has 1 aromatic carbocycles. The van der Waals surface area contributed by atoms with Gasteiger partial charge >= 0.3 is 0 Å². The zero-order valence-corrected chi connectivity index (χ0v) is 17.3. The van der Waals surface area contributed by atoms with Gasteiger partial charge in [-0.3, -0.25) is 14.5 Å². The number of rotatable bonds is 6. The van der Waals surface area contributed by atoms with E-state index in [9.17, 15) is 9.59 Å². The summed E-state index contributed by atoms with van der Waals surface area (Å²) in [6.45, 7) is 3.09. The molecule has 1 aliphatic heterocycles. The van der Waals surface area contributed by atoms with Gasteiger partial charge in [0.1, 0.15) is 10.8 Å². The van der Waals surface area contributed by atoms with Gasteiger partial charge in [-0.25, -0.2) is 0 Å². The van der Waals surface area contributed by atoms with Crippen molar-refractivity contribution in [3.63, 3.8) is 0 Å². The quantitative estimate of drug-likeness (QED) is 0.758. The Labute approximate surface area is 174 Å². The summed E-state index contributed by atoms with van der Waals surface area (Å²) in [5.74, 6) is 0.291. The van der Waals surface area contributed by atoms with Crippen LogP contribution in [0.15, 0.2) is 24.3 Å². The molecule has 2 aromatic rings. The molecule has 2 aliphatic rings. The lowest BCUT2D eigenvalue weighted by atomic mass is 10.1. The van der Waals surface area contributed by atoms with Crippen molar-refractivity contribution in [2.24, 2.45) is 0 Å². The molecule has 154 valence electrons. The number of fused-ring (bicyclic) bond motifs is 1. The maximum Gasteiger partial charge on any atom is 0.259 e. The number of morpholine rings is 1. The second-order valence-corrected chi connectivity index (χ2v) is 8.26. The van der Waals surface area contributed by atoms with Gasteiger partial charge in [-0.05, 0) is 37.0 Å². The highest BCUT2D eigenvalue weighted by Crippen LogP contribution is 2.39. The molecule has 4 rings (SSSR count). The zero-order chi connectivity index (χ0) is 20.2. The molecule has 0 unspecified atom stereocenters. The van der Waals surface area contributed by atoms with Gasteiger partial charge in [0.15, 0.2) is 0 Å². The van der Waals surface area contributed by atoms with Crippen LogP contribution in [0.25, 0.3) is 0 Å². The number of anilines is 2. The Hall–Kier alpha value is -2.42. The molecule has 0 atom stereocenters. The van der Waals surface area contributed by atoms with E-state index in [0.717, 1.165) is 37.9 Å². The monoisotopic (exact) mass is 415 g/mol. The van der Waals surface area contributed by atoms with Gasteiger partial charge in [0, 0.05) is 18.0 Å². The van der Waals surface area contributed by atoms with Crippen LogP contribution in [0.3, 0.4) is 0 Å². The highest BCUT2D eigenvalue weighted by atomic mass is 32.1. The van der Waals surface area contributed by atoms with Crippen molar-refractivity contribution in [3.05, 3.63) is 40.3 Å². The molecule has 1 aliphatic carbocycles. The highest BCUT2D eigenvalue weighted by molar-refractivity contribution is 7.17. The van der Waals surface area contributed by atoms with Gasteiger partial charge in [0.05, 0.1) is 38.1 Å². The lowest BCUT2D eigenvalue weighted by Crippen LogP contribution is -2.41. The number of methoxy groups -OCH3 is 1. The molecule has 0 radical (unpaired) electrons. The standard InChI is InChI=1S/C21H25N3O4S/c1-27-16-7-3-2-6-15(16)22-20(26)19-14-5-4-8-17(14)29-21(19)23-18(25)13-24-9-11-28-12-10-24/h2-3,6-7H,4-5,8-13H2,1H3,(H,22,26)(H,23,25). The SMILES string of the molecule is COc1ccccc1NC(=O)c1c(NC(=O)CN2CCOCC2)sc2c1CCC2. The van der Waals surface area contributed by atoms with E-state index in [2.05, 4.69) is 15.5 Å². The Morgan fingerprint density at radius 1 is 1.17 bits per heavy atom. The Balaban J connectivity index is 1.53. The number of aryl methyl sites for hydroxylation is 1. The molecule has 1 fully saturated rings. The van der Waals surface area contributed by atoms with Crippen molar-refractivity contribution >= 4 is 33.8 Å². The number of carbonyl (C=O) groups excluding carboxylic acids is 2. The minimum atomic E-state index is -0.212. The third kappa shape index (κ3) is 4.44. The molecule has 0 saturated carbocycles. The summed E-state index contributed by atoms with van der Waals surface area (Å²) < 4.78 is 10.7. The number of carbonyl (C=O) groups is 2. The maximum atomic E-state index is 13.2. The number of para-hydroxylation sites is 2. The van der Waals surface area contributed by atoms with Crippen molar-refractivity contribution in [3.8, 4) is 5.75 Å². The molecule has 2 N–H and O–H groups in total. The summed E-state index contributed by atoms with van der Waals surface area (Å²) in [5.41, 5.74) is 2.26. The maximum absolute atomic E-state index is 13.2. The van der Waals surface area contributed by atoms with Crippen LogP contribution < -0.4 is 15.4 Å². The molecule has 0 bridgehead atoms. The van der Waals surface area contributed by atoms with E-state index >= 15 is 0 Å². The molecular formula is C21H25N3O4S. The molecule has 7 nitrogen and oxygen atoms in total. The van der Waals surface area contributed by atoms with Crippen LogP contribution in [-0.4, -0.2) is 56.7 Å². The van der Waals surface area contributed by atoms with Crippen LogP contribution in [0, 0.1) is 0 Å². The minimum Gasteiger partial charge on any atom is -0.495 e. The summed E-state index contributed by atoms with van der Waals surface area (Å²) in [6, 6.07) is 7.31. The van der Waals surface area contributed by atoms with E-state index in [0.29, 0.717) is 41.8 Å². The first-order valence-corrected chi connectivity index (χ1v) is 10.7. The van der Waals surface area contributed by atoms with Gasteiger partial charge in [-0.15, -0.1) is 11.3 Å². The first kappa shape index (κ1) is 19.9. The van der Waals surface area contributed by atoms with Gasteiger partial charge in [0.2, 0.25) is 5.91 Å². The zero-order valence-electron chi connectivity index (χ0n) is 16.5. The summed E-state index contributed by atoms with van der Waals surface area (Å²) in [4.78, 5) is 29.0. The third-order valence-electron chi connectivity index (χ3n) is 5.23. The lowest BCUT2D eigenvalue weighted by molar-refractivity contribution is -0.118. The average molecular weight is 416 g/mol. The van der Waals surface area contributed by atoms with Crippen LogP contribution in [-0.2, 0) is 22.4 Å². The van der Waals surface area contributed by atoms with Crippen LogP contribution in [0.1, 0.15) is 27.2 Å². The Morgan fingerprint density at radius 2 is 1.97 bits per heavy atom. The van der Waals surface area contributed by atoms with Gasteiger partial charge < -0.3 is 20.1 Å². The number of benzene rings is 1. The molecule has 2 heterocycles. The smallest absolute Gasteiger partial charge is 0.259 e. The van der Waals surface area contributed by atoms with E-state index in [4.69, 9.17) is 9.47 Å². The van der Waals surface area contributed by atoms with Gasteiger partial charge in [-0.2, -0.15) is 0 Å². The molecule has 29 heavy (non-hydrogen) atoms. The predicted molar refractivity (Wildman–Crippen MR) is 113 cm³/mol. The lowest BCUT2D eigenvalue weighted by Gasteiger charge is -2.25. The fourth-order valence-electron chi connectivity index (χ4n) is 3.79. The van der Waals surface area contributed by atoms with E-state index in [1.165, 1.54) is 16.2 Å². The molecular weight excluding hydrogens is 390 g/mol. The number of amides is 2. The van der Waals surface area contributed by atoms with Crippen molar-refractivity contribution in [2.45, 2.75) is 19.3 Å². The van der Waals surface area contributed by atoms with Crippen LogP contribution in [0.5, 0.6) is 5.75 Å². The summed E-state index contributed by atoms with van der Waals surface area (Å²) >= 11 is 1.52. The van der Waals surface area contributed by atoms with Crippen molar-refractivity contribution in [1.29, 1.82) is 0 Å². The van der Waals surface area contributed by atoms with E-state index in [-0.39, 0.29) is 11.8 Å². The Bertz CT molecular complexity index is 905. The number of nitrogens with one attached hydrogen (secondary N) is 2. The number of nitrogens with zero attached hydrogens (tertiary/aromatic N) is 1. The Kier molecular flexibility index (Phi) is 6.13. The second-order valence-electron chi connectivity index (χ2n) is 7.15. The number of hydrogen-bond donors (Lipinski definition) is 2. The second kappa shape index (κ2) is 8.94. The first-order valence-electron chi connectivity index (χ1n) is 9.84. The molecule has 1 aromatic heterocycles. The summed E-state index contributed by atoms with van der Waals surface area (Å²) in [6.07, 6.45) is 2.85. The van der Waals surface area contributed by atoms with Crippen molar-refractivity contribution in [1.82, 2.24) is 4.90 Å². The Morgan fingerprint density at radius 3 is 2.76 bits per heavy atom. The average Bonchev–Trinajstić information content (AvgIpc) is 3.29. The van der Waals surface area contributed by atoms with Crippen LogP contribution in [0.4, 0.5) is 10.7 Å². The number of thiophene rings is 1. The summed E-state index contributed by atoms with van der Waals surface area (Å²) in [5, 5.41) is 6.58. The predicted octanol–water partition coefficient (Wildman–Crippen LogP) is 2.77. The number of ether oxygens (including phenoxy) is 2. The van der Waals surface area contributed by atoms with Crippen molar-refractivity contribution in [2.75, 3.05) is 50.6 Å². The molecule has 0 spiro atoms. The van der Waals surface area contributed by atoms with E-state index < -0.39 is 0 Å². The van der Waals surface area contributed by atoms with E-state index in [1.54, 1.807) is 19.2 Å². The number of hydrogen-bond acceptors (Lipinski definition) is 6. The van der Waals surface area contributed by atoms with Crippen molar-refractivity contribution < 1.29 is 19.1 Å². The van der Waals surface area contributed by atoms with Crippen LogP contribution in [0.2, 0.25) is 0 Å². The van der Waals surface area contributed by atoms with Crippen LogP contribution >= 0.6 is 11.3 Å². The highest BCUT2D eigenvalue weighted by Gasteiger charge is 2.28. The molecule has 1 saturated heterocycles.